The smallest absolute Gasteiger partial charge is 0.303 e. The van der Waals surface area contributed by atoms with E-state index < -0.39 is 32.6 Å². The molecule has 0 bridgehead atoms. The first kappa shape index (κ1) is 36.5. The van der Waals surface area contributed by atoms with Crippen molar-refractivity contribution in [1.82, 2.24) is 8.69 Å². The van der Waals surface area contributed by atoms with Crippen LogP contribution in [0, 0.1) is 6.92 Å². The maximum Gasteiger partial charge on any atom is 0.303 e. The maximum absolute atomic E-state index is 14.6. The number of fused-ring (bicyclic) bond motifs is 2. The largest absolute Gasteiger partial charge is 0.493 e. The van der Waals surface area contributed by atoms with E-state index in [-0.39, 0.29) is 34.8 Å². The van der Waals surface area contributed by atoms with E-state index in [9.17, 15) is 26.7 Å². The van der Waals surface area contributed by atoms with Crippen LogP contribution in [0.3, 0.4) is 0 Å². The van der Waals surface area contributed by atoms with Gasteiger partial charge in [0.2, 0.25) is 5.89 Å². The Kier molecular flexibility index (Phi) is 10.3. The van der Waals surface area contributed by atoms with Crippen molar-refractivity contribution in [2.45, 2.75) is 42.5 Å². The molecule has 1 N–H and O–H groups in total. The number of oxazole rings is 1. The summed E-state index contributed by atoms with van der Waals surface area (Å²) in [5, 5.41) is 12.3. The molecule has 7 aromatic rings. The minimum atomic E-state index is -4.72. The molecule has 54 heavy (non-hydrogen) atoms. The van der Waals surface area contributed by atoms with Crippen molar-refractivity contribution in [1.29, 1.82) is 0 Å². The Hall–Kier alpha value is -5.82. The first-order valence-electron chi connectivity index (χ1n) is 17.2. The summed E-state index contributed by atoms with van der Waals surface area (Å²) in [5.41, 5.74) is 2.31. The molecule has 12 heteroatoms. The molecule has 0 aliphatic heterocycles. The fraction of sp³-hybridized carbons (Fsp3) is 0.143. The van der Waals surface area contributed by atoms with E-state index in [2.05, 4.69) is 4.98 Å². The number of carboxylic acid groups (broad SMARTS) is 1. The number of aryl methyl sites for hydroxylation is 2. The van der Waals surface area contributed by atoms with Crippen LogP contribution in [0.2, 0.25) is 0 Å². The zero-order chi connectivity index (χ0) is 37.9. The lowest BCUT2D eigenvalue weighted by atomic mass is 10.0. The number of ether oxygens (including phenoxy) is 1. The van der Waals surface area contributed by atoms with Gasteiger partial charge < -0.3 is 14.3 Å². The summed E-state index contributed by atoms with van der Waals surface area (Å²) in [6, 6.07) is 37.7. The normalized spacial score (nSPS) is 12.0. The molecular weight excluding hydrogens is 725 g/mol. The monoisotopic (exact) mass is 760 g/mol. The molecule has 0 saturated carbocycles. The number of aromatic nitrogens is 1. The molecule has 7 rings (SSSR count). The lowest BCUT2D eigenvalue weighted by Crippen LogP contribution is -2.36. The van der Waals surface area contributed by atoms with Crippen molar-refractivity contribution in [2.24, 2.45) is 0 Å². The molecule has 0 saturated heterocycles. The molecule has 0 aliphatic rings. The minimum absolute atomic E-state index is 0.0330. The quantitative estimate of drug-likeness (QED) is 0.116. The molecule has 0 amide bonds. The summed E-state index contributed by atoms with van der Waals surface area (Å²) < 4.78 is 70.9. The predicted octanol–water partition coefficient (Wildman–Crippen LogP) is 8.17. The average Bonchev–Trinajstić information content (AvgIpc) is 3.56. The van der Waals surface area contributed by atoms with E-state index in [1.54, 1.807) is 54.6 Å². The Morgan fingerprint density at radius 1 is 0.685 bits per heavy atom. The molecule has 274 valence electrons. The Bertz CT molecular complexity index is 2600. The lowest BCUT2D eigenvalue weighted by molar-refractivity contribution is -0.136. The molecule has 0 fully saturated rings. The van der Waals surface area contributed by atoms with Gasteiger partial charge in [-0.15, -0.1) is 0 Å². The van der Waals surface area contributed by atoms with E-state index >= 15 is 0 Å². The van der Waals surface area contributed by atoms with Gasteiger partial charge in [0.15, 0.2) is 0 Å². The van der Waals surface area contributed by atoms with Gasteiger partial charge in [-0.2, -0.15) is 0 Å². The molecular formula is C42H36N2O8S2. The Balaban J connectivity index is 1.25. The van der Waals surface area contributed by atoms with Gasteiger partial charge in [-0.25, -0.2) is 21.8 Å². The third kappa shape index (κ3) is 7.76. The lowest BCUT2D eigenvalue weighted by Gasteiger charge is -2.24. The number of benzene rings is 6. The molecule has 0 atom stereocenters. The van der Waals surface area contributed by atoms with Crippen molar-refractivity contribution < 1.29 is 35.9 Å². The zero-order valence-electron chi connectivity index (χ0n) is 29.3. The van der Waals surface area contributed by atoms with Crippen molar-refractivity contribution in [3.63, 3.8) is 0 Å². The van der Waals surface area contributed by atoms with Gasteiger partial charge in [0.1, 0.15) is 11.5 Å². The fourth-order valence-electron chi connectivity index (χ4n) is 6.28. The van der Waals surface area contributed by atoms with Gasteiger partial charge in [0, 0.05) is 18.4 Å². The van der Waals surface area contributed by atoms with E-state index in [4.69, 9.17) is 9.15 Å². The van der Waals surface area contributed by atoms with Crippen LogP contribution in [-0.4, -0.2) is 43.2 Å². The molecule has 0 spiro atoms. The van der Waals surface area contributed by atoms with Crippen molar-refractivity contribution in [3.05, 3.63) is 156 Å². The Morgan fingerprint density at radius 3 is 1.85 bits per heavy atom. The van der Waals surface area contributed by atoms with E-state index in [0.717, 1.165) is 16.3 Å². The highest BCUT2D eigenvalue weighted by atomic mass is 32.3. The summed E-state index contributed by atoms with van der Waals surface area (Å²) in [6.45, 7) is 1.40. The van der Waals surface area contributed by atoms with Crippen LogP contribution in [0.1, 0.15) is 29.0 Å². The van der Waals surface area contributed by atoms with Gasteiger partial charge in [0.25, 0.3) is 20.0 Å². The molecule has 1 aromatic heterocycles. The number of sulfonamides is 2. The van der Waals surface area contributed by atoms with Crippen LogP contribution in [-0.2, 0) is 44.2 Å². The van der Waals surface area contributed by atoms with Gasteiger partial charge in [-0.1, -0.05) is 88.6 Å². The molecule has 0 unspecified atom stereocenters. The van der Waals surface area contributed by atoms with Crippen molar-refractivity contribution >= 4 is 47.6 Å². The summed E-state index contributed by atoms with van der Waals surface area (Å²) in [6.07, 6.45) is 0.180. The van der Waals surface area contributed by atoms with Crippen LogP contribution in [0.25, 0.3) is 33.0 Å². The topological polar surface area (TPSA) is 144 Å². The number of nitrogens with zero attached hydrogens (tertiary/aromatic N) is 2. The zero-order valence-corrected chi connectivity index (χ0v) is 30.9. The second-order valence-corrected chi connectivity index (χ2v) is 16.7. The van der Waals surface area contributed by atoms with E-state index in [0.29, 0.717) is 49.6 Å². The van der Waals surface area contributed by atoms with Crippen LogP contribution < -0.4 is 4.74 Å². The average molecular weight is 761 g/mol. The second kappa shape index (κ2) is 15.3. The number of hydrogen-bond acceptors (Lipinski definition) is 8. The highest BCUT2D eigenvalue weighted by Gasteiger charge is 2.37. The van der Waals surface area contributed by atoms with Crippen LogP contribution >= 0.6 is 0 Å². The molecule has 0 radical (unpaired) electrons. The first-order valence-corrected chi connectivity index (χ1v) is 20.1. The second-order valence-electron chi connectivity index (χ2n) is 12.8. The Morgan fingerprint density at radius 2 is 1.26 bits per heavy atom. The van der Waals surface area contributed by atoms with Crippen molar-refractivity contribution in [3.8, 4) is 17.2 Å². The molecule has 0 aliphatic carbocycles. The molecule has 1 heterocycles. The van der Waals surface area contributed by atoms with Crippen LogP contribution in [0.15, 0.2) is 148 Å². The number of carboxylic acids is 1. The highest BCUT2D eigenvalue weighted by molar-refractivity contribution is 8.04. The van der Waals surface area contributed by atoms with Gasteiger partial charge in [-0.05, 0) is 94.5 Å². The maximum atomic E-state index is 14.6. The summed E-state index contributed by atoms with van der Waals surface area (Å²) in [7, 11) is -9.44. The third-order valence-electron chi connectivity index (χ3n) is 9.18. The van der Waals surface area contributed by atoms with Gasteiger partial charge in [-0.3, -0.25) is 4.79 Å². The van der Waals surface area contributed by atoms with Gasteiger partial charge >= 0.3 is 5.97 Å². The highest BCUT2D eigenvalue weighted by Crippen LogP contribution is 2.32. The van der Waals surface area contributed by atoms with Gasteiger partial charge in [0.05, 0.1) is 28.6 Å². The molecule has 6 aromatic carbocycles. The standard InChI is InChI=1S/C42H36N2O8S2/c1-29-40(43-42(52-29)33-11-3-2-4-12-33)23-24-51-37-19-15-32(18-22-41(45)46)36(25-37)28-44(53(47,48)38-20-16-30-9-5-7-13-34(30)26-38)54(49,50)39-21-17-31-10-6-8-14-35(31)27-39/h2-17,19-21,25-27H,18,22-24,28H2,1H3,(H,45,46). The summed E-state index contributed by atoms with van der Waals surface area (Å²) in [4.78, 5) is 15.9. The number of hydrogen-bond donors (Lipinski definition) is 1. The minimum Gasteiger partial charge on any atom is -0.493 e. The Labute approximate surface area is 313 Å². The SMILES string of the molecule is Cc1oc(-c2ccccc2)nc1CCOc1ccc(CCC(=O)O)c(CN(S(=O)(=O)c2ccc3ccccc3c2)S(=O)(=O)c2ccc3ccccc3c2)c1. The van der Waals surface area contributed by atoms with E-state index in [1.807, 2.05) is 61.5 Å². The molecule has 10 nitrogen and oxygen atoms in total. The van der Waals surface area contributed by atoms with E-state index in [1.165, 1.54) is 24.3 Å². The fourth-order valence-corrected chi connectivity index (χ4v) is 9.95. The number of rotatable bonds is 14. The van der Waals surface area contributed by atoms with Crippen molar-refractivity contribution in [2.75, 3.05) is 6.61 Å². The summed E-state index contributed by atoms with van der Waals surface area (Å²) >= 11 is 0. The predicted molar refractivity (Wildman–Crippen MR) is 206 cm³/mol. The summed E-state index contributed by atoms with van der Waals surface area (Å²) in [5.74, 6) is 0.437. The first-order chi connectivity index (χ1) is 26.0. The van der Waals surface area contributed by atoms with Crippen LogP contribution in [0.4, 0.5) is 0 Å². The third-order valence-corrected chi connectivity index (χ3v) is 13.4. The number of aliphatic carboxylic acids is 1. The van der Waals surface area contributed by atoms with Crippen LogP contribution in [0.5, 0.6) is 5.75 Å². The number of carbonyl (C=O) groups is 1.